The van der Waals surface area contributed by atoms with E-state index in [2.05, 4.69) is 5.32 Å². The summed E-state index contributed by atoms with van der Waals surface area (Å²) in [6.45, 7) is 2.00. The molecule has 2 aromatic carbocycles. The Morgan fingerprint density at radius 1 is 1.04 bits per heavy atom. The molecule has 0 fully saturated rings. The summed E-state index contributed by atoms with van der Waals surface area (Å²) >= 11 is 0. The molecule has 7 heteroatoms. The SMILES string of the molecule is CCN(CC(=O)NC(Cc1ccccc1)B(O)O)C(=O)c1ccccc1. The van der Waals surface area contributed by atoms with Crippen LogP contribution in [0.4, 0.5) is 0 Å². The molecule has 0 saturated carbocycles. The zero-order valence-corrected chi connectivity index (χ0v) is 14.7. The van der Waals surface area contributed by atoms with Crippen molar-refractivity contribution < 1.29 is 19.6 Å². The van der Waals surface area contributed by atoms with Gasteiger partial charge in [0.05, 0.1) is 12.5 Å². The molecule has 0 aliphatic heterocycles. The molecular weight excluding hydrogens is 331 g/mol. The number of hydrogen-bond donors (Lipinski definition) is 3. The van der Waals surface area contributed by atoms with Crippen molar-refractivity contribution in [3.63, 3.8) is 0 Å². The first-order valence-electron chi connectivity index (χ1n) is 8.55. The lowest BCUT2D eigenvalue weighted by molar-refractivity contribution is -0.122. The number of carbonyl (C=O) groups is 2. The van der Waals surface area contributed by atoms with Crippen molar-refractivity contribution in [1.29, 1.82) is 0 Å². The summed E-state index contributed by atoms with van der Waals surface area (Å²) in [5.74, 6) is -1.53. The number of likely N-dealkylation sites (N-methyl/N-ethyl adjacent to an activating group) is 1. The van der Waals surface area contributed by atoms with Crippen LogP contribution in [-0.4, -0.2) is 52.9 Å². The molecule has 0 aromatic heterocycles. The minimum absolute atomic E-state index is 0.151. The number of nitrogens with one attached hydrogen (secondary N) is 1. The Kier molecular flexibility index (Phi) is 7.38. The second kappa shape index (κ2) is 9.75. The summed E-state index contributed by atoms with van der Waals surface area (Å²) in [4.78, 5) is 26.2. The summed E-state index contributed by atoms with van der Waals surface area (Å²) < 4.78 is 0. The van der Waals surface area contributed by atoms with E-state index >= 15 is 0 Å². The molecule has 0 aliphatic carbocycles. The Balaban J connectivity index is 1.98. The first-order valence-corrected chi connectivity index (χ1v) is 8.55. The highest BCUT2D eigenvalue weighted by Gasteiger charge is 2.27. The van der Waals surface area contributed by atoms with Crippen LogP contribution < -0.4 is 5.32 Å². The molecule has 0 bridgehead atoms. The summed E-state index contributed by atoms with van der Waals surface area (Å²) in [5, 5.41) is 21.7. The zero-order chi connectivity index (χ0) is 18.9. The van der Waals surface area contributed by atoms with Crippen LogP contribution in [0.2, 0.25) is 0 Å². The Labute approximate surface area is 153 Å². The quantitative estimate of drug-likeness (QED) is 0.614. The molecule has 0 spiro atoms. The van der Waals surface area contributed by atoms with E-state index in [4.69, 9.17) is 0 Å². The van der Waals surface area contributed by atoms with Crippen LogP contribution in [-0.2, 0) is 11.2 Å². The number of hydrogen-bond acceptors (Lipinski definition) is 4. The van der Waals surface area contributed by atoms with Gasteiger partial charge in [0, 0.05) is 12.1 Å². The van der Waals surface area contributed by atoms with E-state index in [0.717, 1.165) is 5.56 Å². The molecule has 6 nitrogen and oxygen atoms in total. The molecule has 26 heavy (non-hydrogen) atoms. The molecule has 0 heterocycles. The molecular formula is C19H23BN2O4. The molecule has 1 atom stereocenters. The topological polar surface area (TPSA) is 89.9 Å². The van der Waals surface area contributed by atoms with Crippen molar-refractivity contribution in [1.82, 2.24) is 10.2 Å². The Morgan fingerprint density at radius 2 is 1.62 bits per heavy atom. The fourth-order valence-corrected chi connectivity index (χ4v) is 2.62. The maximum Gasteiger partial charge on any atom is 0.475 e. The molecule has 1 unspecified atom stereocenters. The predicted molar refractivity (Wildman–Crippen MR) is 100 cm³/mol. The summed E-state index contributed by atoms with van der Waals surface area (Å²) in [6.07, 6.45) is 0.281. The highest BCUT2D eigenvalue weighted by atomic mass is 16.4. The lowest BCUT2D eigenvalue weighted by Crippen LogP contribution is -2.51. The molecule has 0 saturated heterocycles. The second-order valence-electron chi connectivity index (χ2n) is 5.96. The van der Waals surface area contributed by atoms with Crippen LogP contribution >= 0.6 is 0 Å². The van der Waals surface area contributed by atoms with E-state index in [1.807, 2.05) is 36.4 Å². The molecule has 0 radical (unpaired) electrons. The smallest absolute Gasteiger partial charge is 0.426 e. The Hall–Kier alpha value is -2.64. The normalized spacial score (nSPS) is 11.5. The van der Waals surface area contributed by atoms with Gasteiger partial charge in [-0.15, -0.1) is 0 Å². The minimum atomic E-state index is -1.70. The van der Waals surface area contributed by atoms with Gasteiger partial charge in [0.15, 0.2) is 0 Å². The highest BCUT2D eigenvalue weighted by Crippen LogP contribution is 2.06. The van der Waals surface area contributed by atoms with Crippen molar-refractivity contribution in [3.8, 4) is 0 Å². The van der Waals surface area contributed by atoms with Gasteiger partial charge in [-0.2, -0.15) is 0 Å². The number of nitrogens with zero attached hydrogens (tertiary/aromatic N) is 1. The molecule has 3 N–H and O–H groups in total. The second-order valence-corrected chi connectivity index (χ2v) is 5.96. The Bertz CT molecular complexity index is 710. The fraction of sp³-hybridized carbons (Fsp3) is 0.263. The molecule has 2 aromatic rings. The van der Waals surface area contributed by atoms with Crippen LogP contribution in [0, 0.1) is 0 Å². The molecule has 0 aliphatic rings. The van der Waals surface area contributed by atoms with E-state index in [0.29, 0.717) is 12.1 Å². The van der Waals surface area contributed by atoms with E-state index < -0.39 is 19.0 Å². The number of benzene rings is 2. The molecule has 2 rings (SSSR count). The van der Waals surface area contributed by atoms with Gasteiger partial charge in [0.2, 0.25) is 5.91 Å². The maximum atomic E-state index is 12.5. The average Bonchev–Trinajstić information content (AvgIpc) is 2.66. The Morgan fingerprint density at radius 3 is 2.15 bits per heavy atom. The van der Waals surface area contributed by atoms with Gasteiger partial charge >= 0.3 is 7.12 Å². The first kappa shape index (κ1) is 19.7. The highest BCUT2D eigenvalue weighted by molar-refractivity contribution is 6.43. The van der Waals surface area contributed by atoms with Crippen molar-refractivity contribution in [2.45, 2.75) is 19.3 Å². The third kappa shape index (κ3) is 5.72. The average molecular weight is 354 g/mol. The largest absolute Gasteiger partial charge is 0.475 e. The number of carbonyl (C=O) groups excluding carboxylic acids is 2. The number of rotatable bonds is 8. The zero-order valence-electron chi connectivity index (χ0n) is 14.7. The monoisotopic (exact) mass is 354 g/mol. The van der Waals surface area contributed by atoms with Gasteiger partial charge in [-0.25, -0.2) is 0 Å². The van der Waals surface area contributed by atoms with Crippen molar-refractivity contribution in [2.75, 3.05) is 13.1 Å². The van der Waals surface area contributed by atoms with Crippen LogP contribution in [0.5, 0.6) is 0 Å². The van der Waals surface area contributed by atoms with E-state index in [1.54, 1.807) is 31.2 Å². The van der Waals surface area contributed by atoms with E-state index in [1.165, 1.54) is 4.90 Å². The molecule has 2 amide bonds. The van der Waals surface area contributed by atoms with Gasteiger partial charge in [-0.3, -0.25) is 9.59 Å². The number of amides is 2. The van der Waals surface area contributed by atoms with Crippen molar-refractivity contribution in [3.05, 3.63) is 71.8 Å². The minimum Gasteiger partial charge on any atom is -0.426 e. The fourth-order valence-electron chi connectivity index (χ4n) is 2.62. The van der Waals surface area contributed by atoms with Crippen LogP contribution in [0.3, 0.4) is 0 Å². The van der Waals surface area contributed by atoms with Crippen LogP contribution in [0.15, 0.2) is 60.7 Å². The summed E-state index contributed by atoms with van der Waals surface area (Å²) in [5.41, 5.74) is 1.38. The van der Waals surface area contributed by atoms with Crippen molar-refractivity contribution in [2.24, 2.45) is 0 Å². The van der Waals surface area contributed by atoms with Gasteiger partial charge < -0.3 is 20.3 Å². The lowest BCUT2D eigenvalue weighted by atomic mass is 9.76. The maximum absolute atomic E-state index is 12.5. The standard InChI is InChI=1S/C19H23BN2O4/c1-2-22(19(24)16-11-7-4-8-12-16)14-18(23)21-17(20(25)26)13-15-9-5-3-6-10-15/h3-12,17,25-26H,2,13-14H2,1H3,(H,21,23). The summed E-state index contributed by atoms with van der Waals surface area (Å²) in [6, 6.07) is 18.0. The predicted octanol–water partition coefficient (Wildman–Crippen LogP) is 0.888. The summed E-state index contributed by atoms with van der Waals surface area (Å²) in [7, 11) is -1.70. The third-order valence-electron chi connectivity index (χ3n) is 4.03. The van der Waals surface area contributed by atoms with E-state index in [-0.39, 0.29) is 18.9 Å². The van der Waals surface area contributed by atoms with Gasteiger partial charge in [-0.1, -0.05) is 48.5 Å². The van der Waals surface area contributed by atoms with Gasteiger partial charge in [0.25, 0.3) is 5.91 Å². The third-order valence-corrected chi connectivity index (χ3v) is 4.03. The van der Waals surface area contributed by atoms with Gasteiger partial charge in [0.1, 0.15) is 0 Å². The molecule has 136 valence electrons. The lowest BCUT2D eigenvalue weighted by Gasteiger charge is -2.23. The van der Waals surface area contributed by atoms with Crippen LogP contribution in [0.1, 0.15) is 22.8 Å². The van der Waals surface area contributed by atoms with Crippen molar-refractivity contribution >= 4 is 18.9 Å². The van der Waals surface area contributed by atoms with E-state index in [9.17, 15) is 19.6 Å². The van der Waals surface area contributed by atoms with Gasteiger partial charge in [-0.05, 0) is 31.0 Å². The first-order chi connectivity index (χ1) is 12.5. The van der Waals surface area contributed by atoms with Crippen LogP contribution in [0.25, 0.3) is 0 Å².